The van der Waals surface area contributed by atoms with E-state index in [1.807, 2.05) is 26.0 Å². The van der Waals surface area contributed by atoms with E-state index in [0.29, 0.717) is 5.69 Å². The molecule has 28 heavy (non-hydrogen) atoms. The number of rotatable bonds is 6. The molecule has 7 nitrogen and oxygen atoms in total. The summed E-state index contributed by atoms with van der Waals surface area (Å²) >= 11 is 5.95. The number of carbonyl (C=O) groups excluding carboxylic acids is 2. The van der Waals surface area contributed by atoms with Gasteiger partial charge in [0.05, 0.1) is 10.6 Å². The van der Waals surface area contributed by atoms with Crippen LogP contribution >= 0.6 is 11.6 Å². The molecular formula is C19H21ClN2O5S. The van der Waals surface area contributed by atoms with Crippen LogP contribution in [0.2, 0.25) is 5.02 Å². The number of sulfonamides is 1. The quantitative estimate of drug-likeness (QED) is 0.719. The zero-order chi connectivity index (χ0) is 21.1. The van der Waals surface area contributed by atoms with Gasteiger partial charge in [0.15, 0.2) is 6.61 Å². The first-order chi connectivity index (χ1) is 13.0. The van der Waals surface area contributed by atoms with Crippen LogP contribution in [-0.2, 0) is 19.6 Å². The number of benzene rings is 2. The summed E-state index contributed by atoms with van der Waals surface area (Å²) < 4.78 is 30.5. The number of nitrogens with one attached hydrogen (secondary N) is 1. The van der Waals surface area contributed by atoms with Gasteiger partial charge in [-0.25, -0.2) is 17.5 Å². The maximum absolute atomic E-state index is 12.3. The van der Waals surface area contributed by atoms with Crippen LogP contribution in [0.25, 0.3) is 0 Å². The van der Waals surface area contributed by atoms with Gasteiger partial charge in [0.2, 0.25) is 10.0 Å². The standard InChI is InChI=1S/C19H21ClN2O5S/c1-12-6-5-7-16(13(12)2)21-18(23)11-27-19(24)14-8-9-15(20)17(10-14)28(25,26)22(3)4/h5-10H,11H2,1-4H3,(H,21,23). The SMILES string of the molecule is Cc1cccc(NC(=O)COC(=O)c2ccc(Cl)c(S(=O)(=O)N(C)C)c2)c1C. The third-order valence-corrected chi connectivity index (χ3v) is 6.44. The molecule has 0 atom stereocenters. The number of anilines is 1. The molecule has 0 radical (unpaired) electrons. The molecule has 9 heteroatoms. The number of amides is 1. The molecule has 2 aromatic carbocycles. The van der Waals surface area contributed by atoms with Gasteiger partial charge in [0.25, 0.3) is 5.91 Å². The summed E-state index contributed by atoms with van der Waals surface area (Å²) in [6.45, 7) is 3.28. The maximum atomic E-state index is 12.3. The van der Waals surface area contributed by atoms with Gasteiger partial charge >= 0.3 is 5.97 Å². The highest BCUT2D eigenvalue weighted by molar-refractivity contribution is 7.89. The molecule has 0 unspecified atom stereocenters. The number of nitrogens with zero attached hydrogens (tertiary/aromatic N) is 1. The molecule has 2 rings (SSSR count). The highest BCUT2D eigenvalue weighted by Gasteiger charge is 2.23. The van der Waals surface area contributed by atoms with Crippen LogP contribution in [0.5, 0.6) is 0 Å². The number of carbonyl (C=O) groups is 2. The van der Waals surface area contributed by atoms with Gasteiger partial charge in [-0.3, -0.25) is 4.79 Å². The van der Waals surface area contributed by atoms with Crippen molar-refractivity contribution in [1.82, 2.24) is 4.31 Å². The Balaban J connectivity index is 2.09. The molecule has 150 valence electrons. The van der Waals surface area contributed by atoms with Crippen LogP contribution in [0.3, 0.4) is 0 Å². The van der Waals surface area contributed by atoms with Crippen molar-refractivity contribution in [3.63, 3.8) is 0 Å². The van der Waals surface area contributed by atoms with Crippen LogP contribution in [0, 0.1) is 13.8 Å². The number of hydrogen-bond donors (Lipinski definition) is 1. The van der Waals surface area contributed by atoms with Crippen LogP contribution in [0.1, 0.15) is 21.5 Å². The Morgan fingerprint density at radius 3 is 2.46 bits per heavy atom. The van der Waals surface area contributed by atoms with Crippen LogP contribution in [0.15, 0.2) is 41.3 Å². The average Bonchev–Trinajstić information content (AvgIpc) is 2.63. The number of ether oxygens (including phenoxy) is 1. The lowest BCUT2D eigenvalue weighted by Crippen LogP contribution is -2.23. The molecule has 1 amide bonds. The van der Waals surface area contributed by atoms with E-state index in [1.165, 1.54) is 26.2 Å². The first-order valence-electron chi connectivity index (χ1n) is 8.29. The largest absolute Gasteiger partial charge is 0.452 e. The predicted molar refractivity (Wildman–Crippen MR) is 107 cm³/mol. The number of aryl methyl sites for hydroxylation is 1. The van der Waals surface area contributed by atoms with Crippen molar-refractivity contribution in [2.75, 3.05) is 26.0 Å². The van der Waals surface area contributed by atoms with Crippen molar-refractivity contribution in [1.29, 1.82) is 0 Å². The Labute approximate surface area is 169 Å². The van der Waals surface area contributed by atoms with Crippen LogP contribution in [-0.4, -0.2) is 45.3 Å². The first-order valence-corrected chi connectivity index (χ1v) is 10.1. The number of halogens is 1. The fourth-order valence-corrected chi connectivity index (χ4v) is 3.71. The van der Waals surface area contributed by atoms with E-state index < -0.39 is 28.5 Å². The lowest BCUT2D eigenvalue weighted by Gasteiger charge is -2.14. The van der Waals surface area contributed by atoms with Crippen LogP contribution < -0.4 is 5.32 Å². The summed E-state index contributed by atoms with van der Waals surface area (Å²) in [5.41, 5.74) is 2.54. The monoisotopic (exact) mass is 424 g/mol. The summed E-state index contributed by atoms with van der Waals surface area (Å²) in [6.07, 6.45) is 0. The molecule has 0 spiro atoms. The third kappa shape index (κ3) is 4.89. The zero-order valence-corrected chi connectivity index (χ0v) is 17.5. The van der Waals surface area contributed by atoms with E-state index in [2.05, 4.69) is 5.32 Å². The molecule has 0 aromatic heterocycles. The molecule has 2 aromatic rings. The lowest BCUT2D eigenvalue weighted by molar-refractivity contribution is -0.119. The fraction of sp³-hybridized carbons (Fsp3) is 0.263. The van der Waals surface area contributed by atoms with E-state index in [4.69, 9.17) is 16.3 Å². The van der Waals surface area contributed by atoms with Gasteiger partial charge in [-0.05, 0) is 49.2 Å². The molecule has 0 aliphatic heterocycles. The first kappa shape index (κ1) is 21.9. The van der Waals surface area contributed by atoms with Crippen molar-refractivity contribution in [2.24, 2.45) is 0 Å². The van der Waals surface area contributed by atoms with Crippen molar-refractivity contribution in [2.45, 2.75) is 18.7 Å². The van der Waals surface area contributed by atoms with Gasteiger partial charge in [-0.1, -0.05) is 23.7 Å². The molecule has 0 fully saturated rings. The molecule has 0 saturated heterocycles. The lowest BCUT2D eigenvalue weighted by atomic mass is 10.1. The highest BCUT2D eigenvalue weighted by Crippen LogP contribution is 2.25. The van der Waals surface area contributed by atoms with Gasteiger partial charge < -0.3 is 10.1 Å². The molecular weight excluding hydrogens is 404 g/mol. The highest BCUT2D eigenvalue weighted by atomic mass is 35.5. The van der Waals surface area contributed by atoms with Crippen molar-refractivity contribution < 1.29 is 22.7 Å². The minimum absolute atomic E-state index is 0.0158. The second kappa shape index (κ2) is 8.72. The molecule has 0 heterocycles. The minimum Gasteiger partial charge on any atom is -0.452 e. The van der Waals surface area contributed by atoms with Crippen molar-refractivity contribution in [3.8, 4) is 0 Å². The van der Waals surface area contributed by atoms with E-state index >= 15 is 0 Å². The van der Waals surface area contributed by atoms with Gasteiger partial charge in [0, 0.05) is 19.8 Å². The average molecular weight is 425 g/mol. The Hall–Kier alpha value is -2.42. The zero-order valence-electron chi connectivity index (χ0n) is 15.9. The van der Waals surface area contributed by atoms with Gasteiger partial charge in [0.1, 0.15) is 4.90 Å². The predicted octanol–water partition coefficient (Wildman–Crippen LogP) is 3.00. The van der Waals surface area contributed by atoms with E-state index in [1.54, 1.807) is 6.07 Å². The second-order valence-corrected chi connectivity index (χ2v) is 8.83. The summed E-state index contributed by atoms with van der Waals surface area (Å²) in [6, 6.07) is 9.24. The Morgan fingerprint density at radius 1 is 1.14 bits per heavy atom. The van der Waals surface area contributed by atoms with E-state index in [-0.39, 0.29) is 15.5 Å². The van der Waals surface area contributed by atoms with Crippen molar-refractivity contribution in [3.05, 3.63) is 58.1 Å². The topological polar surface area (TPSA) is 92.8 Å². The third-order valence-electron chi connectivity index (χ3n) is 4.14. The number of esters is 1. The summed E-state index contributed by atoms with van der Waals surface area (Å²) in [5, 5.41) is 2.66. The second-order valence-electron chi connectivity index (χ2n) is 6.30. The van der Waals surface area contributed by atoms with Gasteiger partial charge in [-0.15, -0.1) is 0 Å². The Kier molecular flexibility index (Phi) is 6.82. The van der Waals surface area contributed by atoms with Crippen LogP contribution in [0.4, 0.5) is 5.69 Å². The molecule has 0 aliphatic rings. The molecule has 0 bridgehead atoms. The maximum Gasteiger partial charge on any atom is 0.338 e. The van der Waals surface area contributed by atoms with Crippen molar-refractivity contribution >= 4 is 39.2 Å². The van der Waals surface area contributed by atoms with E-state index in [0.717, 1.165) is 21.5 Å². The molecule has 1 N–H and O–H groups in total. The normalized spacial score (nSPS) is 11.4. The number of hydrogen-bond acceptors (Lipinski definition) is 5. The summed E-state index contributed by atoms with van der Waals surface area (Å²) in [4.78, 5) is 24.1. The molecule has 0 aliphatic carbocycles. The van der Waals surface area contributed by atoms with Gasteiger partial charge in [-0.2, -0.15) is 0 Å². The Morgan fingerprint density at radius 2 is 1.82 bits per heavy atom. The summed E-state index contributed by atoms with van der Waals surface area (Å²) in [7, 11) is -1.12. The fourth-order valence-electron chi connectivity index (χ4n) is 2.31. The molecule has 0 saturated carbocycles. The minimum atomic E-state index is -3.83. The smallest absolute Gasteiger partial charge is 0.338 e. The van der Waals surface area contributed by atoms with E-state index in [9.17, 15) is 18.0 Å². The summed E-state index contributed by atoms with van der Waals surface area (Å²) in [5.74, 6) is -1.33. The Bertz CT molecular complexity index is 1020.